The minimum atomic E-state index is -0.213. The van der Waals surface area contributed by atoms with E-state index in [4.69, 9.17) is 5.73 Å². The maximum absolute atomic E-state index is 10.5. The van der Waals surface area contributed by atoms with Gasteiger partial charge in [0.05, 0.1) is 6.04 Å². The number of carbonyl (C=O) groups is 1. The van der Waals surface area contributed by atoms with Crippen molar-refractivity contribution in [2.24, 2.45) is 5.73 Å². The van der Waals surface area contributed by atoms with Crippen molar-refractivity contribution in [1.82, 2.24) is 5.32 Å². The lowest BCUT2D eigenvalue weighted by molar-refractivity contribution is -0.120. The van der Waals surface area contributed by atoms with Crippen LogP contribution in [0.3, 0.4) is 0 Å². The highest BCUT2D eigenvalue weighted by Gasteiger charge is 2.16. The van der Waals surface area contributed by atoms with Crippen molar-refractivity contribution >= 4 is 5.91 Å². The Morgan fingerprint density at radius 3 is 2.67 bits per heavy atom. The van der Waals surface area contributed by atoms with E-state index in [1.807, 2.05) is 0 Å². The molecule has 52 valence electrons. The zero-order valence-electron chi connectivity index (χ0n) is 5.39. The molecule has 0 radical (unpaired) electrons. The Morgan fingerprint density at radius 2 is 2.33 bits per heavy atom. The van der Waals surface area contributed by atoms with Gasteiger partial charge in [-0.2, -0.15) is 0 Å². The molecule has 0 saturated carbocycles. The van der Waals surface area contributed by atoms with Gasteiger partial charge in [-0.15, -0.1) is 0 Å². The van der Waals surface area contributed by atoms with Crippen LogP contribution in [0.5, 0.6) is 0 Å². The Bertz CT molecular complexity index is 108. The summed E-state index contributed by atoms with van der Waals surface area (Å²) < 4.78 is 0. The quantitative estimate of drug-likeness (QED) is 0.505. The van der Waals surface area contributed by atoms with Crippen LogP contribution < -0.4 is 11.1 Å². The maximum atomic E-state index is 10.5. The zero-order chi connectivity index (χ0) is 6.69. The van der Waals surface area contributed by atoms with E-state index < -0.39 is 0 Å². The van der Waals surface area contributed by atoms with Crippen LogP contribution >= 0.6 is 0 Å². The maximum Gasteiger partial charge on any atom is 0.234 e. The molecule has 0 aromatic carbocycles. The lowest BCUT2D eigenvalue weighted by Crippen LogP contribution is -2.44. The van der Waals surface area contributed by atoms with Gasteiger partial charge in [-0.25, -0.2) is 0 Å². The Kier molecular flexibility index (Phi) is 2.05. The molecular weight excluding hydrogens is 116 g/mol. The Morgan fingerprint density at radius 1 is 1.56 bits per heavy atom. The topological polar surface area (TPSA) is 55.1 Å². The molecule has 1 atom stereocenters. The van der Waals surface area contributed by atoms with Crippen molar-refractivity contribution in [2.75, 3.05) is 6.54 Å². The number of hydrogen-bond acceptors (Lipinski definition) is 2. The van der Waals surface area contributed by atoms with Gasteiger partial charge in [0.25, 0.3) is 0 Å². The van der Waals surface area contributed by atoms with Gasteiger partial charge >= 0.3 is 0 Å². The molecule has 0 aromatic heterocycles. The van der Waals surface area contributed by atoms with E-state index in [0.717, 1.165) is 19.4 Å². The van der Waals surface area contributed by atoms with Crippen molar-refractivity contribution in [3.8, 4) is 0 Å². The molecule has 0 aliphatic carbocycles. The summed E-state index contributed by atoms with van der Waals surface area (Å²) in [4.78, 5) is 10.5. The van der Waals surface area contributed by atoms with Gasteiger partial charge in [0.2, 0.25) is 5.91 Å². The summed E-state index contributed by atoms with van der Waals surface area (Å²) in [6.45, 7) is 0.938. The number of carbonyl (C=O) groups excluding carboxylic acids is 1. The van der Waals surface area contributed by atoms with E-state index in [1.165, 1.54) is 6.42 Å². The molecule has 1 heterocycles. The number of hydrogen-bond donors (Lipinski definition) is 2. The van der Waals surface area contributed by atoms with Crippen LogP contribution in [0.4, 0.5) is 0 Å². The summed E-state index contributed by atoms with van der Waals surface area (Å²) >= 11 is 0. The highest BCUT2D eigenvalue weighted by atomic mass is 16.1. The second-order valence-electron chi connectivity index (χ2n) is 2.40. The van der Waals surface area contributed by atoms with Crippen molar-refractivity contribution < 1.29 is 4.79 Å². The first kappa shape index (κ1) is 6.55. The highest BCUT2D eigenvalue weighted by Crippen LogP contribution is 2.05. The summed E-state index contributed by atoms with van der Waals surface area (Å²) in [6.07, 6.45) is 3.21. The van der Waals surface area contributed by atoms with Crippen molar-refractivity contribution in [3.63, 3.8) is 0 Å². The van der Waals surface area contributed by atoms with Gasteiger partial charge in [-0.3, -0.25) is 4.79 Å². The minimum Gasteiger partial charge on any atom is -0.368 e. The lowest BCUT2D eigenvalue weighted by atomic mass is 10.1. The number of nitrogens with one attached hydrogen (secondary N) is 1. The summed E-state index contributed by atoms with van der Waals surface area (Å²) in [5.41, 5.74) is 5.07. The van der Waals surface area contributed by atoms with Crippen molar-refractivity contribution in [3.05, 3.63) is 0 Å². The normalized spacial score (nSPS) is 27.8. The van der Waals surface area contributed by atoms with E-state index in [1.54, 1.807) is 0 Å². The average Bonchev–Trinajstić information content (AvgIpc) is 1.90. The monoisotopic (exact) mass is 128 g/mol. The van der Waals surface area contributed by atoms with Crippen LogP contribution in [0.2, 0.25) is 0 Å². The number of rotatable bonds is 1. The average molecular weight is 128 g/mol. The van der Waals surface area contributed by atoms with Gasteiger partial charge in [0, 0.05) is 0 Å². The third-order valence-corrected chi connectivity index (χ3v) is 1.65. The van der Waals surface area contributed by atoms with Gasteiger partial charge in [-0.05, 0) is 19.4 Å². The fraction of sp³-hybridized carbons (Fsp3) is 0.833. The summed E-state index contributed by atoms with van der Waals surface area (Å²) in [7, 11) is 0. The first-order chi connectivity index (χ1) is 4.30. The molecule has 9 heavy (non-hydrogen) atoms. The molecule has 1 saturated heterocycles. The lowest BCUT2D eigenvalue weighted by Gasteiger charge is -2.19. The SMILES string of the molecule is NC(=O)[C@H]1CCCCN1. The number of piperidine rings is 1. The van der Waals surface area contributed by atoms with Crippen LogP contribution in [0, 0.1) is 0 Å². The standard InChI is InChI=1S/C6H12N2O/c7-6(9)5-3-1-2-4-8-5/h5,8H,1-4H2,(H2,7,9)/t5-/m1/s1. The third kappa shape index (κ3) is 1.68. The van der Waals surface area contributed by atoms with Gasteiger partial charge in [0.1, 0.15) is 0 Å². The first-order valence-electron chi connectivity index (χ1n) is 3.33. The molecule has 1 amide bonds. The summed E-state index contributed by atoms with van der Waals surface area (Å²) in [5.74, 6) is -0.213. The second kappa shape index (κ2) is 2.82. The molecule has 1 aliphatic rings. The van der Waals surface area contributed by atoms with Crippen molar-refractivity contribution in [2.45, 2.75) is 25.3 Å². The summed E-state index contributed by atoms with van der Waals surface area (Å²) in [5, 5.41) is 3.04. The van der Waals surface area contributed by atoms with E-state index in [-0.39, 0.29) is 11.9 Å². The Hall–Kier alpha value is -0.570. The smallest absolute Gasteiger partial charge is 0.234 e. The molecule has 1 rings (SSSR count). The van der Waals surface area contributed by atoms with E-state index in [2.05, 4.69) is 5.32 Å². The second-order valence-corrected chi connectivity index (χ2v) is 2.40. The predicted molar refractivity (Wildman–Crippen MR) is 34.8 cm³/mol. The van der Waals surface area contributed by atoms with Crippen LogP contribution in [-0.4, -0.2) is 18.5 Å². The van der Waals surface area contributed by atoms with Crippen LogP contribution in [0.25, 0.3) is 0 Å². The Balaban J connectivity index is 2.31. The molecule has 0 unspecified atom stereocenters. The van der Waals surface area contributed by atoms with Crippen LogP contribution in [0.15, 0.2) is 0 Å². The van der Waals surface area contributed by atoms with E-state index >= 15 is 0 Å². The summed E-state index contributed by atoms with van der Waals surface area (Å²) in [6, 6.07) is -0.0567. The van der Waals surface area contributed by atoms with E-state index in [9.17, 15) is 4.79 Å². The van der Waals surface area contributed by atoms with Gasteiger partial charge in [-0.1, -0.05) is 6.42 Å². The minimum absolute atomic E-state index is 0.0567. The molecule has 3 nitrogen and oxygen atoms in total. The predicted octanol–water partition coefficient (Wildman–Crippen LogP) is -0.386. The van der Waals surface area contributed by atoms with Gasteiger partial charge in [0.15, 0.2) is 0 Å². The third-order valence-electron chi connectivity index (χ3n) is 1.65. The van der Waals surface area contributed by atoms with Gasteiger partial charge < -0.3 is 11.1 Å². The molecule has 1 fully saturated rings. The Labute approximate surface area is 54.6 Å². The zero-order valence-corrected chi connectivity index (χ0v) is 5.39. The number of amides is 1. The van der Waals surface area contributed by atoms with E-state index in [0.29, 0.717) is 0 Å². The molecule has 1 aliphatic heterocycles. The first-order valence-corrected chi connectivity index (χ1v) is 3.33. The molecule has 3 heteroatoms. The largest absolute Gasteiger partial charge is 0.368 e. The van der Waals surface area contributed by atoms with Crippen molar-refractivity contribution in [1.29, 1.82) is 0 Å². The fourth-order valence-corrected chi connectivity index (χ4v) is 1.09. The highest BCUT2D eigenvalue weighted by molar-refractivity contribution is 5.79. The molecule has 0 bridgehead atoms. The molecular formula is C6H12N2O. The number of primary amides is 1. The van der Waals surface area contributed by atoms with Crippen LogP contribution in [-0.2, 0) is 4.79 Å². The molecule has 3 N–H and O–H groups in total. The fourth-order valence-electron chi connectivity index (χ4n) is 1.09. The molecule has 0 aromatic rings. The van der Waals surface area contributed by atoms with Crippen LogP contribution in [0.1, 0.15) is 19.3 Å². The number of nitrogens with two attached hydrogens (primary N) is 1. The molecule has 0 spiro atoms.